The maximum absolute atomic E-state index is 12.9. The van der Waals surface area contributed by atoms with Crippen molar-refractivity contribution in [2.24, 2.45) is 5.92 Å². The van der Waals surface area contributed by atoms with Gasteiger partial charge in [-0.15, -0.1) is 0 Å². The van der Waals surface area contributed by atoms with E-state index in [1.54, 1.807) is 19.2 Å². The molecule has 0 radical (unpaired) electrons. The number of unbranched alkanes of at least 4 members (excludes halogenated alkanes) is 1. The molecule has 1 aliphatic heterocycles. The van der Waals surface area contributed by atoms with Gasteiger partial charge < -0.3 is 29.2 Å². The molecule has 0 aromatic heterocycles. The van der Waals surface area contributed by atoms with E-state index in [-0.39, 0.29) is 5.91 Å². The average Bonchev–Trinajstić information content (AvgIpc) is 2.88. The van der Waals surface area contributed by atoms with E-state index in [9.17, 15) is 4.79 Å². The molecule has 1 aliphatic rings. The van der Waals surface area contributed by atoms with Gasteiger partial charge in [-0.05, 0) is 89.1 Å². The van der Waals surface area contributed by atoms with E-state index in [2.05, 4.69) is 62.1 Å². The van der Waals surface area contributed by atoms with Crippen LogP contribution in [0.15, 0.2) is 24.3 Å². The molecule has 1 amide bonds. The van der Waals surface area contributed by atoms with Crippen LogP contribution in [-0.4, -0.2) is 83.9 Å². The SMILES string of the molecule is COc1ccc(C(=O)NCC2CN(C(C)c3ccc(OCCCCN(C)C)c(C)c3C)C2)c(OC)c1OC. The Bertz CT molecular complexity index is 1080. The van der Waals surface area contributed by atoms with Gasteiger partial charge in [-0.1, -0.05) is 6.07 Å². The van der Waals surface area contributed by atoms with Crippen molar-refractivity contribution in [3.8, 4) is 23.0 Å². The van der Waals surface area contributed by atoms with E-state index >= 15 is 0 Å². The summed E-state index contributed by atoms with van der Waals surface area (Å²) in [4.78, 5) is 17.6. The van der Waals surface area contributed by atoms with Crippen LogP contribution in [0.1, 0.15) is 52.9 Å². The fourth-order valence-electron chi connectivity index (χ4n) is 5.00. The molecule has 38 heavy (non-hydrogen) atoms. The van der Waals surface area contributed by atoms with Crippen LogP contribution in [0.25, 0.3) is 0 Å². The highest BCUT2D eigenvalue weighted by Crippen LogP contribution is 2.40. The van der Waals surface area contributed by atoms with Crippen molar-refractivity contribution >= 4 is 5.91 Å². The van der Waals surface area contributed by atoms with E-state index in [1.165, 1.54) is 30.9 Å². The number of likely N-dealkylation sites (tertiary alicyclic amines) is 1. The molecular formula is C30H45N3O5. The second kappa shape index (κ2) is 13.7. The van der Waals surface area contributed by atoms with E-state index in [4.69, 9.17) is 18.9 Å². The molecule has 1 N–H and O–H groups in total. The summed E-state index contributed by atoms with van der Waals surface area (Å²) in [5, 5.41) is 3.07. The van der Waals surface area contributed by atoms with Gasteiger partial charge in [-0.25, -0.2) is 0 Å². The highest BCUT2D eigenvalue weighted by Gasteiger charge is 2.32. The quantitative estimate of drug-likeness (QED) is 0.364. The summed E-state index contributed by atoms with van der Waals surface area (Å²) in [7, 11) is 8.81. The summed E-state index contributed by atoms with van der Waals surface area (Å²) in [5.74, 6) is 2.52. The highest BCUT2D eigenvalue weighted by molar-refractivity contribution is 5.98. The minimum atomic E-state index is -0.182. The summed E-state index contributed by atoms with van der Waals surface area (Å²) < 4.78 is 22.3. The minimum absolute atomic E-state index is 0.182. The second-order valence-corrected chi connectivity index (χ2v) is 10.3. The highest BCUT2D eigenvalue weighted by atomic mass is 16.5. The number of rotatable bonds is 14. The van der Waals surface area contributed by atoms with Gasteiger partial charge >= 0.3 is 0 Å². The number of benzene rings is 2. The zero-order valence-electron chi connectivity index (χ0n) is 24.3. The lowest BCUT2D eigenvalue weighted by atomic mass is 9.91. The number of nitrogens with zero attached hydrogens (tertiary/aromatic N) is 2. The van der Waals surface area contributed by atoms with Crippen molar-refractivity contribution in [3.63, 3.8) is 0 Å². The molecule has 1 fully saturated rings. The van der Waals surface area contributed by atoms with E-state index in [1.807, 2.05) is 0 Å². The molecule has 0 bridgehead atoms. The topological polar surface area (TPSA) is 72.5 Å². The summed E-state index contributed by atoms with van der Waals surface area (Å²) in [6.45, 7) is 10.9. The molecule has 2 aromatic carbocycles. The number of carbonyl (C=O) groups excluding carboxylic acids is 1. The molecule has 8 heteroatoms. The average molecular weight is 528 g/mol. The van der Waals surface area contributed by atoms with E-state index < -0.39 is 0 Å². The first kappa shape index (κ1) is 29.6. The van der Waals surface area contributed by atoms with Crippen LogP contribution in [0.2, 0.25) is 0 Å². The summed E-state index contributed by atoms with van der Waals surface area (Å²) >= 11 is 0. The fourth-order valence-corrected chi connectivity index (χ4v) is 5.00. The van der Waals surface area contributed by atoms with Crippen LogP contribution in [0.3, 0.4) is 0 Å². The number of hydrogen-bond donors (Lipinski definition) is 1. The van der Waals surface area contributed by atoms with Crippen molar-refractivity contribution in [1.82, 2.24) is 15.1 Å². The smallest absolute Gasteiger partial charge is 0.255 e. The van der Waals surface area contributed by atoms with E-state index in [0.29, 0.717) is 41.3 Å². The van der Waals surface area contributed by atoms with Crippen LogP contribution in [0.4, 0.5) is 0 Å². The van der Waals surface area contributed by atoms with Gasteiger partial charge in [0.1, 0.15) is 5.75 Å². The van der Waals surface area contributed by atoms with Crippen LogP contribution < -0.4 is 24.3 Å². The Hall–Kier alpha value is -2.97. The van der Waals surface area contributed by atoms with Gasteiger partial charge in [0.05, 0.1) is 33.5 Å². The monoisotopic (exact) mass is 527 g/mol. The largest absolute Gasteiger partial charge is 0.493 e. The molecule has 0 spiro atoms. The molecule has 0 saturated carbocycles. The Labute approximate surface area is 228 Å². The normalized spacial score (nSPS) is 14.7. The lowest BCUT2D eigenvalue weighted by Crippen LogP contribution is -2.52. The third-order valence-corrected chi connectivity index (χ3v) is 7.52. The summed E-state index contributed by atoms with van der Waals surface area (Å²) in [5.41, 5.74) is 4.27. The molecule has 8 nitrogen and oxygen atoms in total. The van der Waals surface area contributed by atoms with Gasteiger partial charge in [0.2, 0.25) is 5.75 Å². The molecule has 2 aromatic rings. The second-order valence-electron chi connectivity index (χ2n) is 10.3. The standard InChI is InChI=1S/C30H45N3O5/c1-20-21(2)26(38-16-10-9-15-32(4)5)13-11-24(20)22(3)33-18-23(19-33)17-31-30(34)25-12-14-27(35-6)29(37-8)28(25)36-7/h11-14,22-23H,9-10,15-19H2,1-8H3,(H,31,34). The fraction of sp³-hybridized carbons (Fsp3) is 0.567. The molecule has 210 valence electrons. The first-order valence-corrected chi connectivity index (χ1v) is 13.4. The first-order valence-electron chi connectivity index (χ1n) is 13.4. The Kier molecular flexibility index (Phi) is 10.7. The Morgan fingerprint density at radius 1 is 0.974 bits per heavy atom. The maximum atomic E-state index is 12.9. The van der Waals surface area contributed by atoms with E-state index in [0.717, 1.165) is 44.8 Å². The van der Waals surface area contributed by atoms with Crippen LogP contribution >= 0.6 is 0 Å². The Balaban J connectivity index is 1.51. The lowest BCUT2D eigenvalue weighted by Gasteiger charge is -2.44. The molecule has 1 heterocycles. The van der Waals surface area contributed by atoms with Gasteiger partial charge in [0, 0.05) is 31.6 Å². The first-order chi connectivity index (χ1) is 18.2. The van der Waals surface area contributed by atoms with Crippen LogP contribution in [0.5, 0.6) is 23.0 Å². The molecule has 0 aliphatic carbocycles. The molecular weight excluding hydrogens is 482 g/mol. The number of nitrogens with one attached hydrogen (secondary N) is 1. The predicted octanol–water partition coefficient (Wildman–Crippen LogP) is 4.47. The Morgan fingerprint density at radius 2 is 1.66 bits per heavy atom. The van der Waals surface area contributed by atoms with Crippen molar-refractivity contribution in [2.75, 3.05) is 68.2 Å². The van der Waals surface area contributed by atoms with Crippen molar-refractivity contribution < 1.29 is 23.7 Å². The van der Waals surface area contributed by atoms with Crippen molar-refractivity contribution in [1.29, 1.82) is 0 Å². The molecule has 1 saturated heterocycles. The minimum Gasteiger partial charge on any atom is -0.493 e. The Morgan fingerprint density at radius 3 is 2.29 bits per heavy atom. The maximum Gasteiger partial charge on any atom is 0.255 e. The summed E-state index contributed by atoms with van der Waals surface area (Å²) in [6.07, 6.45) is 2.19. The van der Waals surface area contributed by atoms with Crippen molar-refractivity contribution in [3.05, 3.63) is 46.5 Å². The predicted molar refractivity (Wildman–Crippen MR) is 151 cm³/mol. The third kappa shape index (κ3) is 6.91. The number of amides is 1. The van der Waals surface area contributed by atoms with Gasteiger partial charge in [0.15, 0.2) is 11.5 Å². The number of hydrogen-bond acceptors (Lipinski definition) is 7. The molecule has 1 unspecified atom stereocenters. The van der Waals surface area contributed by atoms with Crippen LogP contribution in [0, 0.1) is 19.8 Å². The molecule has 3 rings (SSSR count). The summed E-state index contributed by atoms with van der Waals surface area (Å²) in [6, 6.07) is 8.05. The van der Waals surface area contributed by atoms with Crippen molar-refractivity contribution in [2.45, 2.75) is 39.7 Å². The van der Waals surface area contributed by atoms with Gasteiger partial charge in [0.25, 0.3) is 5.91 Å². The molecule has 1 atom stereocenters. The zero-order valence-corrected chi connectivity index (χ0v) is 24.3. The number of methoxy groups -OCH3 is 3. The third-order valence-electron chi connectivity index (χ3n) is 7.52. The number of carbonyl (C=O) groups is 1. The lowest BCUT2D eigenvalue weighted by molar-refractivity contribution is 0.0569. The van der Waals surface area contributed by atoms with Crippen LogP contribution in [-0.2, 0) is 0 Å². The number of ether oxygens (including phenoxy) is 4. The zero-order chi connectivity index (χ0) is 27.8. The van der Waals surface area contributed by atoms with Gasteiger partial charge in [-0.2, -0.15) is 0 Å². The van der Waals surface area contributed by atoms with Gasteiger partial charge in [-0.3, -0.25) is 9.69 Å².